The molecule has 4 aliphatic rings. The number of hydrogen-bond acceptors (Lipinski definition) is 3. The number of para-hydroxylation sites is 1. The zero-order chi connectivity index (χ0) is 15.7. The fraction of sp³-hybridized carbons (Fsp3) is 0.400. The highest BCUT2D eigenvalue weighted by atomic mass is 32.1. The van der Waals surface area contributed by atoms with E-state index in [9.17, 15) is 0 Å². The Hall–Kier alpha value is -1.62. The van der Waals surface area contributed by atoms with Gasteiger partial charge in [0, 0.05) is 41.1 Å². The zero-order valence-corrected chi connectivity index (χ0v) is 14.5. The zero-order valence-electron chi connectivity index (χ0n) is 13.7. The Morgan fingerprint density at radius 3 is 2.75 bits per heavy atom. The number of nitrogens with one attached hydrogen (secondary N) is 1. The summed E-state index contributed by atoms with van der Waals surface area (Å²) < 4.78 is 0. The Morgan fingerprint density at radius 1 is 1.04 bits per heavy atom. The highest BCUT2D eigenvalue weighted by molar-refractivity contribution is 7.10. The highest BCUT2D eigenvalue weighted by Crippen LogP contribution is 2.54. The van der Waals surface area contributed by atoms with Crippen LogP contribution in [0, 0.1) is 0 Å². The predicted octanol–water partition coefficient (Wildman–Crippen LogP) is 4.09. The molecule has 1 aromatic carbocycles. The molecule has 3 nitrogen and oxygen atoms in total. The molecule has 0 radical (unpaired) electrons. The van der Waals surface area contributed by atoms with Gasteiger partial charge in [0.05, 0.1) is 11.7 Å². The smallest absolute Gasteiger partial charge is 0.0988 e. The molecule has 4 aliphatic heterocycles. The van der Waals surface area contributed by atoms with Crippen molar-refractivity contribution in [2.75, 3.05) is 19.6 Å². The molecule has 2 aromatic heterocycles. The molecule has 0 amide bonds. The number of rotatable bonds is 1. The molecule has 0 saturated carbocycles. The van der Waals surface area contributed by atoms with E-state index in [4.69, 9.17) is 0 Å². The first-order valence-electron chi connectivity index (χ1n) is 9.01. The van der Waals surface area contributed by atoms with Crippen molar-refractivity contribution in [2.45, 2.75) is 31.0 Å². The quantitative estimate of drug-likeness (QED) is 0.723. The normalized spacial score (nSPS) is 32.0. The van der Waals surface area contributed by atoms with Crippen LogP contribution in [0.5, 0.6) is 0 Å². The number of piperidine rings is 1. The fourth-order valence-electron chi connectivity index (χ4n) is 5.45. The maximum atomic E-state index is 3.84. The van der Waals surface area contributed by atoms with Crippen molar-refractivity contribution >= 4 is 22.2 Å². The maximum Gasteiger partial charge on any atom is 0.0988 e. The number of H-pyrrole nitrogens is 1. The van der Waals surface area contributed by atoms with E-state index in [2.05, 4.69) is 56.6 Å². The van der Waals surface area contributed by atoms with Gasteiger partial charge in [-0.2, -0.15) is 0 Å². The minimum absolute atomic E-state index is 0.218. The van der Waals surface area contributed by atoms with E-state index in [-0.39, 0.29) is 5.54 Å². The second-order valence-electron chi connectivity index (χ2n) is 7.42. The van der Waals surface area contributed by atoms with Crippen LogP contribution >= 0.6 is 11.3 Å². The SMILES string of the molecule is c1csc(C2N3CCC4(CC3)c3[nH]c5ccccc5c3CCN24)c1. The molecule has 3 saturated heterocycles. The molecule has 122 valence electrons. The van der Waals surface area contributed by atoms with E-state index in [1.165, 1.54) is 53.9 Å². The van der Waals surface area contributed by atoms with Gasteiger partial charge in [0.15, 0.2) is 0 Å². The Labute approximate surface area is 145 Å². The van der Waals surface area contributed by atoms with Crippen LogP contribution in [-0.4, -0.2) is 34.4 Å². The van der Waals surface area contributed by atoms with Crippen LogP contribution in [0.1, 0.15) is 35.1 Å². The van der Waals surface area contributed by atoms with Crippen LogP contribution in [0.2, 0.25) is 0 Å². The second-order valence-corrected chi connectivity index (χ2v) is 8.40. The van der Waals surface area contributed by atoms with Gasteiger partial charge < -0.3 is 4.98 Å². The Kier molecular flexibility index (Phi) is 2.68. The van der Waals surface area contributed by atoms with E-state index in [0.29, 0.717) is 6.17 Å². The van der Waals surface area contributed by atoms with Crippen LogP contribution < -0.4 is 0 Å². The largest absolute Gasteiger partial charge is 0.357 e. The molecular weight excluding hydrogens is 314 g/mol. The van der Waals surface area contributed by atoms with E-state index < -0.39 is 0 Å². The van der Waals surface area contributed by atoms with Gasteiger partial charge in [0.1, 0.15) is 0 Å². The fourth-order valence-corrected chi connectivity index (χ4v) is 6.32. The summed E-state index contributed by atoms with van der Waals surface area (Å²) in [6, 6.07) is 13.4. The molecule has 3 aromatic rings. The molecule has 1 atom stereocenters. The third kappa shape index (κ3) is 1.59. The number of hydrogen-bond donors (Lipinski definition) is 1. The number of nitrogens with zero attached hydrogens (tertiary/aromatic N) is 2. The standard InChI is InChI=1S/C20H21N3S/c1-2-5-16-14(4-1)15-7-10-23-19(17-6-3-13-24-17)22-11-8-20(23,9-12-22)18(15)21-16/h1-6,13,19,21H,7-12H2. The lowest BCUT2D eigenvalue weighted by molar-refractivity contribution is -0.148. The van der Waals surface area contributed by atoms with Crippen LogP contribution in [0.4, 0.5) is 0 Å². The molecular formula is C20H21N3S. The highest BCUT2D eigenvalue weighted by Gasteiger charge is 2.55. The minimum Gasteiger partial charge on any atom is -0.357 e. The van der Waals surface area contributed by atoms with Gasteiger partial charge in [0.2, 0.25) is 0 Å². The molecule has 4 heteroatoms. The summed E-state index contributed by atoms with van der Waals surface area (Å²) in [5.74, 6) is 0. The van der Waals surface area contributed by atoms with Crippen LogP contribution in [0.15, 0.2) is 41.8 Å². The van der Waals surface area contributed by atoms with Crippen molar-refractivity contribution in [1.29, 1.82) is 0 Å². The molecule has 3 fully saturated rings. The number of fused-ring (bicyclic) bond motifs is 5. The van der Waals surface area contributed by atoms with Gasteiger partial charge in [-0.25, -0.2) is 0 Å². The van der Waals surface area contributed by atoms with Crippen molar-refractivity contribution in [3.63, 3.8) is 0 Å². The van der Waals surface area contributed by atoms with E-state index in [1.807, 2.05) is 11.3 Å². The van der Waals surface area contributed by atoms with Crippen molar-refractivity contribution in [3.8, 4) is 0 Å². The Balaban J connectivity index is 1.56. The van der Waals surface area contributed by atoms with E-state index >= 15 is 0 Å². The third-order valence-electron chi connectivity index (χ3n) is 6.50. The molecule has 0 aliphatic carbocycles. The van der Waals surface area contributed by atoms with Gasteiger partial charge in [0.25, 0.3) is 0 Å². The average Bonchev–Trinajstić information content (AvgIpc) is 3.29. The Morgan fingerprint density at radius 2 is 1.92 bits per heavy atom. The van der Waals surface area contributed by atoms with Crippen molar-refractivity contribution in [3.05, 3.63) is 57.9 Å². The van der Waals surface area contributed by atoms with E-state index in [1.54, 1.807) is 5.56 Å². The molecule has 7 rings (SSSR count). The summed E-state index contributed by atoms with van der Waals surface area (Å²) in [4.78, 5) is 10.9. The Bertz CT molecular complexity index is 902. The van der Waals surface area contributed by atoms with Crippen molar-refractivity contribution in [1.82, 2.24) is 14.8 Å². The van der Waals surface area contributed by atoms with Gasteiger partial charge in [-0.3, -0.25) is 9.80 Å². The van der Waals surface area contributed by atoms with Gasteiger partial charge in [-0.1, -0.05) is 24.3 Å². The van der Waals surface area contributed by atoms with Crippen LogP contribution in [0.25, 0.3) is 10.9 Å². The number of aromatic amines is 1. The lowest BCUT2D eigenvalue weighted by atomic mass is 9.74. The molecule has 24 heavy (non-hydrogen) atoms. The summed E-state index contributed by atoms with van der Waals surface area (Å²) >= 11 is 1.91. The average molecular weight is 335 g/mol. The first-order valence-corrected chi connectivity index (χ1v) is 9.89. The van der Waals surface area contributed by atoms with Crippen LogP contribution in [-0.2, 0) is 12.0 Å². The summed E-state index contributed by atoms with van der Waals surface area (Å²) in [6.45, 7) is 3.61. The van der Waals surface area contributed by atoms with E-state index in [0.717, 1.165) is 6.42 Å². The molecule has 2 bridgehead atoms. The van der Waals surface area contributed by atoms with Crippen molar-refractivity contribution < 1.29 is 0 Å². The molecule has 1 spiro atoms. The monoisotopic (exact) mass is 335 g/mol. The summed E-state index contributed by atoms with van der Waals surface area (Å²) in [5, 5.41) is 3.67. The van der Waals surface area contributed by atoms with Gasteiger partial charge in [-0.05, 0) is 42.3 Å². The predicted molar refractivity (Wildman–Crippen MR) is 98.3 cm³/mol. The molecule has 6 heterocycles. The maximum absolute atomic E-state index is 3.84. The van der Waals surface area contributed by atoms with Gasteiger partial charge >= 0.3 is 0 Å². The second kappa shape index (κ2) is 4.72. The summed E-state index contributed by atoms with van der Waals surface area (Å²) in [7, 11) is 0. The van der Waals surface area contributed by atoms with Crippen LogP contribution in [0.3, 0.4) is 0 Å². The number of thiophene rings is 1. The summed E-state index contributed by atoms with van der Waals surface area (Å²) in [6.07, 6.45) is 4.16. The first-order chi connectivity index (χ1) is 11.9. The lowest BCUT2D eigenvalue weighted by Gasteiger charge is -2.61. The topological polar surface area (TPSA) is 22.3 Å². The summed E-state index contributed by atoms with van der Waals surface area (Å²) in [5.41, 5.74) is 4.65. The molecule has 1 unspecified atom stereocenters. The van der Waals surface area contributed by atoms with Gasteiger partial charge in [-0.15, -0.1) is 11.3 Å². The first kappa shape index (κ1) is 13.6. The van der Waals surface area contributed by atoms with Crippen molar-refractivity contribution in [2.24, 2.45) is 0 Å². The third-order valence-corrected chi connectivity index (χ3v) is 7.41. The molecule has 1 N–H and O–H groups in total. The number of aromatic nitrogens is 1. The minimum atomic E-state index is 0.218. The lowest BCUT2D eigenvalue weighted by Crippen LogP contribution is -2.66. The number of benzene rings is 1.